The number of nitrogens with zero attached hydrogens (tertiary/aromatic N) is 1. The molecule has 1 aromatic rings. The maximum Gasteiger partial charge on any atom is 0.268 e. The quantitative estimate of drug-likeness (QED) is 0.806. The number of anilines is 1. The average Bonchev–Trinajstić information content (AvgIpc) is 2.06. The van der Waals surface area contributed by atoms with Crippen molar-refractivity contribution in [3.63, 3.8) is 0 Å². The van der Waals surface area contributed by atoms with Crippen LogP contribution in [0.4, 0.5) is 5.82 Å². The molecule has 1 aromatic heterocycles. The Morgan fingerprint density at radius 2 is 2.20 bits per heavy atom. The van der Waals surface area contributed by atoms with Gasteiger partial charge >= 0.3 is 0 Å². The summed E-state index contributed by atoms with van der Waals surface area (Å²) in [5.74, 6) is -0.830. The Balaban J connectivity index is 3.06. The van der Waals surface area contributed by atoms with E-state index in [9.17, 15) is 13.2 Å². The van der Waals surface area contributed by atoms with Crippen LogP contribution in [0, 0.1) is 0 Å². The Morgan fingerprint density at radius 3 is 2.73 bits per heavy atom. The molecule has 0 aromatic carbocycles. The van der Waals surface area contributed by atoms with Crippen LogP contribution in [0.3, 0.4) is 0 Å². The largest absolute Gasteiger partial charge is 0.383 e. The summed E-state index contributed by atoms with van der Waals surface area (Å²) in [6.45, 7) is 0. The molecule has 15 heavy (non-hydrogen) atoms. The van der Waals surface area contributed by atoms with Crippen molar-refractivity contribution in [2.75, 3.05) is 12.0 Å². The van der Waals surface area contributed by atoms with Gasteiger partial charge in [-0.2, -0.15) is 0 Å². The van der Waals surface area contributed by atoms with Gasteiger partial charge in [0, 0.05) is 10.7 Å². The van der Waals surface area contributed by atoms with Crippen molar-refractivity contribution >= 4 is 37.7 Å². The van der Waals surface area contributed by atoms with Gasteiger partial charge in [0.25, 0.3) is 5.91 Å². The smallest absolute Gasteiger partial charge is 0.268 e. The molecule has 0 atom stereocenters. The van der Waals surface area contributed by atoms with Crippen LogP contribution in [0.15, 0.2) is 16.7 Å². The molecule has 0 unspecified atom stereocenters. The standard InChI is InChI=1S/C7H8BrN3O3S/c1-15(13,14)11-7(12)5-2-4(8)3-10-6(5)9/h2-3H,1H3,(H2,9,10)(H,11,12). The first-order valence-electron chi connectivity index (χ1n) is 3.73. The fourth-order valence-electron chi connectivity index (χ4n) is 0.855. The number of rotatable bonds is 2. The van der Waals surface area contributed by atoms with Crippen molar-refractivity contribution in [1.29, 1.82) is 0 Å². The summed E-state index contributed by atoms with van der Waals surface area (Å²) in [4.78, 5) is 15.1. The fraction of sp³-hybridized carbons (Fsp3) is 0.143. The van der Waals surface area contributed by atoms with Crippen molar-refractivity contribution in [2.24, 2.45) is 0 Å². The zero-order valence-electron chi connectivity index (χ0n) is 7.69. The number of pyridine rings is 1. The molecule has 0 aliphatic carbocycles. The SMILES string of the molecule is CS(=O)(=O)NC(=O)c1cc(Br)cnc1N. The maximum absolute atomic E-state index is 11.4. The molecular weight excluding hydrogens is 286 g/mol. The van der Waals surface area contributed by atoms with Gasteiger partial charge < -0.3 is 5.73 Å². The summed E-state index contributed by atoms with van der Waals surface area (Å²) in [5.41, 5.74) is 5.43. The van der Waals surface area contributed by atoms with Gasteiger partial charge in [0.2, 0.25) is 10.0 Å². The van der Waals surface area contributed by atoms with Gasteiger partial charge in [0.15, 0.2) is 0 Å². The Morgan fingerprint density at radius 1 is 1.60 bits per heavy atom. The van der Waals surface area contributed by atoms with Crippen molar-refractivity contribution in [1.82, 2.24) is 9.71 Å². The summed E-state index contributed by atoms with van der Waals surface area (Å²) >= 11 is 3.10. The molecule has 0 bridgehead atoms. The minimum Gasteiger partial charge on any atom is -0.383 e. The fourth-order valence-corrected chi connectivity index (χ4v) is 1.63. The third-order valence-electron chi connectivity index (χ3n) is 1.41. The van der Waals surface area contributed by atoms with E-state index in [4.69, 9.17) is 5.73 Å². The van der Waals surface area contributed by atoms with Gasteiger partial charge in [-0.3, -0.25) is 4.79 Å². The summed E-state index contributed by atoms with van der Waals surface area (Å²) in [6, 6.07) is 1.39. The van der Waals surface area contributed by atoms with E-state index in [0.717, 1.165) is 6.26 Å². The molecular formula is C7H8BrN3O3S. The van der Waals surface area contributed by atoms with Crippen LogP contribution in [0.25, 0.3) is 0 Å². The van der Waals surface area contributed by atoms with Crippen LogP contribution in [0.5, 0.6) is 0 Å². The first kappa shape index (κ1) is 11.9. The Bertz CT molecular complexity index is 500. The van der Waals surface area contributed by atoms with E-state index >= 15 is 0 Å². The highest BCUT2D eigenvalue weighted by Crippen LogP contribution is 2.15. The number of hydrogen-bond acceptors (Lipinski definition) is 5. The number of halogens is 1. The van der Waals surface area contributed by atoms with E-state index in [2.05, 4.69) is 20.9 Å². The van der Waals surface area contributed by atoms with E-state index in [1.165, 1.54) is 12.3 Å². The van der Waals surface area contributed by atoms with Crippen molar-refractivity contribution in [3.8, 4) is 0 Å². The van der Waals surface area contributed by atoms with Crippen LogP contribution in [-0.2, 0) is 10.0 Å². The summed E-state index contributed by atoms with van der Waals surface area (Å²) in [6.07, 6.45) is 2.29. The van der Waals surface area contributed by atoms with Crippen LogP contribution in [0.1, 0.15) is 10.4 Å². The number of nitrogens with one attached hydrogen (secondary N) is 1. The van der Waals surface area contributed by atoms with Crippen LogP contribution in [0.2, 0.25) is 0 Å². The van der Waals surface area contributed by atoms with E-state index in [1.807, 2.05) is 0 Å². The highest BCUT2D eigenvalue weighted by atomic mass is 79.9. The average molecular weight is 294 g/mol. The molecule has 0 saturated carbocycles. The van der Waals surface area contributed by atoms with Crippen LogP contribution < -0.4 is 10.5 Å². The normalized spacial score (nSPS) is 11.1. The second kappa shape index (κ2) is 4.15. The molecule has 0 aliphatic heterocycles. The molecule has 0 radical (unpaired) electrons. The number of sulfonamides is 1. The molecule has 1 rings (SSSR count). The van der Waals surface area contributed by atoms with E-state index < -0.39 is 15.9 Å². The Kier molecular flexibility index (Phi) is 3.30. The zero-order chi connectivity index (χ0) is 11.6. The summed E-state index contributed by atoms with van der Waals surface area (Å²) < 4.78 is 23.9. The number of carbonyl (C=O) groups is 1. The monoisotopic (exact) mass is 293 g/mol. The number of aromatic nitrogens is 1. The van der Waals surface area contributed by atoms with Gasteiger partial charge in [-0.25, -0.2) is 18.1 Å². The third kappa shape index (κ3) is 3.48. The Hall–Kier alpha value is -1.15. The zero-order valence-corrected chi connectivity index (χ0v) is 10.1. The number of nitrogens with two attached hydrogens (primary N) is 1. The molecule has 3 N–H and O–H groups in total. The highest BCUT2D eigenvalue weighted by Gasteiger charge is 2.14. The Labute approximate surface area is 95.1 Å². The predicted molar refractivity (Wildman–Crippen MR) is 58.7 cm³/mol. The summed E-state index contributed by atoms with van der Waals surface area (Å²) in [5, 5.41) is 0. The molecule has 0 aliphatic rings. The lowest BCUT2D eigenvalue weighted by Crippen LogP contribution is -2.30. The minimum absolute atomic E-state index is 0.00907. The molecule has 1 amide bonds. The van der Waals surface area contributed by atoms with Gasteiger partial charge in [0.05, 0.1) is 11.8 Å². The topological polar surface area (TPSA) is 102 Å². The first-order valence-corrected chi connectivity index (χ1v) is 6.41. The second-order valence-corrected chi connectivity index (χ2v) is 5.45. The molecule has 8 heteroatoms. The van der Waals surface area contributed by atoms with Crippen molar-refractivity contribution < 1.29 is 13.2 Å². The van der Waals surface area contributed by atoms with Crippen molar-refractivity contribution in [3.05, 3.63) is 22.3 Å². The highest BCUT2D eigenvalue weighted by molar-refractivity contribution is 9.10. The number of amides is 1. The third-order valence-corrected chi connectivity index (χ3v) is 2.40. The lowest BCUT2D eigenvalue weighted by Gasteiger charge is -2.05. The second-order valence-electron chi connectivity index (χ2n) is 2.79. The van der Waals surface area contributed by atoms with E-state index in [-0.39, 0.29) is 11.4 Å². The first-order chi connectivity index (χ1) is 6.79. The number of nitrogen functional groups attached to an aromatic ring is 1. The lowest BCUT2D eigenvalue weighted by molar-refractivity contribution is 0.0982. The molecule has 0 spiro atoms. The predicted octanol–water partition coefficient (Wildman–Crippen LogP) is 0.116. The van der Waals surface area contributed by atoms with Crippen LogP contribution >= 0.6 is 15.9 Å². The number of hydrogen-bond donors (Lipinski definition) is 2. The van der Waals surface area contributed by atoms with Gasteiger partial charge in [-0.05, 0) is 22.0 Å². The molecule has 0 saturated heterocycles. The van der Waals surface area contributed by atoms with E-state index in [1.54, 1.807) is 4.72 Å². The van der Waals surface area contributed by atoms with Gasteiger partial charge in [0.1, 0.15) is 5.82 Å². The van der Waals surface area contributed by atoms with Crippen molar-refractivity contribution in [2.45, 2.75) is 0 Å². The molecule has 1 heterocycles. The molecule has 6 nitrogen and oxygen atoms in total. The lowest BCUT2D eigenvalue weighted by atomic mass is 10.2. The van der Waals surface area contributed by atoms with Gasteiger partial charge in [-0.15, -0.1) is 0 Å². The molecule has 82 valence electrons. The van der Waals surface area contributed by atoms with Gasteiger partial charge in [-0.1, -0.05) is 0 Å². The maximum atomic E-state index is 11.4. The molecule has 0 fully saturated rings. The minimum atomic E-state index is -3.60. The van der Waals surface area contributed by atoms with Crippen LogP contribution in [-0.4, -0.2) is 25.6 Å². The van der Waals surface area contributed by atoms with E-state index in [0.29, 0.717) is 4.47 Å². The number of carbonyl (C=O) groups excluding carboxylic acids is 1. The summed E-state index contributed by atoms with van der Waals surface area (Å²) in [7, 11) is -3.60.